The fourth-order valence-corrected chi connectivity index (χ4v) is 2.91. The number of phenolic OH excluding ortho intramolecular Hbond substituents is 2. The van der Waals surface area contributed by atoms with Crippen molar-refractivity contribution in [1.29, 1.82) is 0 Å². The van der Waals surface area contributed by atoms with Crippen LogP contribution in [0, 0.1) is 0 Å². The molecular weight excluding hydrogens is 330 g/mol. The molecule has 100 valence electrons. The molecule has 0 aromatic heterocycles. The standard InChI is InChI=1S/C13H8Cl4O2/c14-10-1-6(18)2-11(15)8(10)5-9-12(16)3-7(19)4-13(9)17/h1-4,18-19H,5H2. The summed E-state index contributed by atoms with van der Waals surface area (Å²) in [6.45, 7) is 0. The summed E-state index contributed by atoms with van der Waals surface area (Å²) in [5.74, 6) is -0.0247. The molecule has 0 radical (unpaired) electrons. The molecule has 0 spiro atoms. The highest BCUT2D eigenvalue weighted by atomic mass is 35.5. The van der Waals surface area contributed by atoms with Crippen LogP contribution in [-0.4, -0.2) is 10.2 Å². The molecule has 19 heavy (non-hydrogen) atoms. The van der Waals surface area contributed by atoms with E-state index in [0.717, 1.165) is 0 Å². The monoisotopic (exact) mass is 336 g/mol. The van der Waals surface area contributed by atoms with Gasteiger partial charge < -0.3 is 10.2 Å². The van der Waals surface area contributed by atoms with Crippen molar-refractivity contribution in [2.75, 3.05) is 0 Å². The topological polar surface area (TPSA) is 40.5 Å². The van der Waals surface area contributed by atoms with E-state index in [1.54, 1.807) is 0 Å². The quantitative estimate of drug-likeness (QED) is 0.780. The van der Waals surface area contributed by atoms with Crippen LogP contribution in [0.2, 0.25) is 20.1 Å². The Balaban J connectivity index is 2.48. The van der Waals surface area contributed by atoms with E-state index in [1.807, 2.05) is 0 Å². The minimum Gasteiger partial charge on any atom is -0.508 e. The maximum absolute atomic E-state index is 9.38. The zero-order valence-electron chi connectivity index (χ0n) is 9.42. The molecule has 2 aromatic carbocycles. The molecule has 0 fully saturated rings. The zero-order chi connectivity index (χ0) is 14.2. The summed E-state index contributed by atoms with van der Waals surface area (Å²) in [4.78, 5) is 0. The van der Waals surface area contributed by atoms with Crippen LogP contribution in [0.25, 0.3) is 0 Å². The third kappa shape index (κ3) is 3.21. The fraction of sp³-hybridized carbons (Fsp3) is 0.0769. The number of hydrogen-bond acceptors (Lipinski definition) is 2. The molecule has 0 amide bonds. The van der Waals surface area contributed by atoms with Crippen molar-refractivity contribution < 1.29 is 10.2 Å². The predicted octanol–water partition coefficient (Wildman–Crippen LogP) is 5.30. The smallest absolute Gasteiger partial charge is 0.118 e. The largest absolute Gasteiger partial charge is 0.508 e. The lowest BCUT2D eigenvalue weighted by molar-refractivity contribution is 0.475. The average molecular weight is 338 g/mol. The second kappa shape index (κ2) is 5.68. The second-order valence-corrected chi connectivity index (χ2v) is 5.58. The Morgan fingerprint density at radius 2 is 0.895 bits per heavy atom. The summed E-state index contributed by atoms with van der Waals surface area (Å²) in [6, 6.07) is 5.58. The third-order valence-corrected chi connectivity index (χ3v) is 3.95. The first-order chi connectivity index (χ1) is 8.88. The molecule has 0 bridgehead atoms. The molecule has 2 rings (SSSR count). The highest BCUT2D eigenvalue weighted by molar-refractivity contribution is 6.37. The molecule has 0 saturated heterocycles. The minimum atomic E-state index is -0.0124. The van der Waals surface area contributed by atoms with Crippen LogP contribution in [0.4, 0.5) is 0 Å². The Morgan fingerprint density at radius 3 is 1.16 bits per heavy atom. The first-order valence-corrected chi connectivity index (χ1v) is 6.73. The van der Waals surface area contributed by atoms with Crippen molar-refractivity contribution in [2.45, 2.75) is 6.42 Å². The van der Waals surface area contributed by atoms with Crippen molar-refractivity contribution in [3.05, 3.63) is 55.5 Å². The van der Waals surface area contributed by atoms with Crippen LogP contribution in [0.15, 0.2) is 24.3 Å². The van der Waals surface area contributed by atoms with Gasteiger partial charge in [-0.2, -0.15) is 0 Å². The van der Waals surface area contributed by atoms with E-state index in [0.29, 0.717) is 37.6 Å². The number of halogens is 4. The molecule has 2 aromatic rings. The maximum atomic E-state index is 9.38. The Labute approximate surface area is 130 Å². The summed E-state index contributed by atoms with van der Waals surface area (Å²) < 4.78 is 0. The van der Waals surface area contributed by atoms with Gasteiger partial charge in [-0.25, -0.2) is 0 Å². The Morgan fingerprint density at radius 1 is 0.632 bits per heavy atom. The SMILES string of the molecule is Oc1cc(Cl)c(Cc2c(Cl)cc(O)cc2Cl)c(Cl)c1. The highest BCUT2D eigenvalue weighted by Gasteiger charge is 2.14. The van der Waals surface area contributed by atoms with Crippen molar-refractivity contribution >= 4 is 46.4 Å². The van der Waals surface area contributed by atoms with Gasteiger partial charge >= 0.3 is 0 Å². The second-order valence-electron chi connectivity index (χ2n) is 3.95. The van der Waals surface area contributed by atoms with Gasteiger partial charge in [0.2, 0.25) is 0 Å². The van der Waals surface area contributed by atoms with Crippen LogP contribution >= 0.6 is 46.4 Å². The van der Waals surface area contributed by atoms with Gasteiger partial charge in [0, 0.05) is 26.5 Å². The summed E-state index contributed by atoms with van der Waals surface area (Å²) >= 11 is 24.2. The van der Waals surface area contributed by atoms with Crippen LogP contribution in [0.5, 0.6) is 11.5 Å². The number of aromatic hydroxyl groups is 2. The molecule has 0 atom stereocenters. The highest BCUT2D eigenvalue weighted by Crippen LogP contribution is 2.36. The van der Waals surface area contributed by atoms with E-state index in [-0.39, 0.29) is 11.5 Å². The van der Waals surface area contributed by atoms with E-state index in [2.05, 4.69) is 0 Å². The van der Waals surface area contributed by atoms with Gasteiger partial charge in [0.15, 0.2) is 0 Å². The summed E-state index contributed by atoms with van der Waals surface area (Å²) in [5.41, 5.74) is 1.21. The van der Waals surface area contributed by atoms with E-state index in [9.17, 15) is 10.2 Å². The molecule has 0 aliphatic carbocycles. The molecule has 0 aliphatic rings. The Hall–Kier alpha value is -0.800. The van der Waals surface area contributed by atoms with Gasteiger partial charge in [0.05, 0.1) is 0 Å². The number of phenols is 2. The zero-order valence-corrected chi connectivity index (χ0v) is 12.4. The molecule has 6 heteroatoms. The lowest BCUT2D eigenvalue weighted by Gasteiger charge is -2.11. The third-order valence-electron chi connectivity index (χ3n) is 2.61. The maximum Gasteiger partial charge on any atom is 0.118 e. The first-order valence-electron chi connectivity index (χ1n) is 5.22. The first kappa shape index (κ1) is 14.6. The molecule has 0 aliphatic heterocycles. The number of benzene rings is 2. The molecular formula is C13H8Cl4O2. The molecule has 0 heterocycles. The molecule has 2 nitrogen and oxygen atoms in total. The number of rotatable bonds is 2. The minimum absolute atomic E-state index is 0.0124. The summed E-state index contributed by atoms with van der Waals surface area (Å²) in [6.07, 6.45) is 0.301. The van der Waals surface area contributed by atoms with Crippen molar-refractivity contribution in [3.8, 4) is 11.5 Å². The lowest BCUT2D eigenvalue weighted by Crippen LogP contribution is -1.94. The van der Waals surface area contributed by atoms with Crippen LogP contribution in [-0.2, 0) is 6.42 Å². The molecule has 0 saturated carbocycles. The van der Waals surface area contributed by atoms with E-state index < -0.39 is 0 Å². The summed E-state index contributed by atoms with van der Waals surface area (Å²) in [5, 5.41) is 20.0. The van der Waals surface area contributed by atoms with Crippen molar-refractivity contribution in [2.24, 2.45) is 0 Å². The van der Waals surface area contributed by atoms with E-state index in [4.69, 9.17) is 46.4 Å². The Bertz CT molecular complexity index is 539. The van der Waals surface area contributed by atoms with Gasteiger partial charge in [-0.15, -0.1) is 0 Å². The fourth-order valence-electron chi connectivity index (χ4n) is 1.69. The molecule has 0 unspecified atom stereocenters. The van der Waals surface area contributed by atoms with Crippen LogP contribution in [0.1, 0.15) is 11.1 Å². The van der Waals surface area contributed by atoms with Gasteiger partial charge in [-0.05, 0) is 35.4 Å². The lowest BCUT2D eigenvalue weighted by atomic mass is 10.0. The van der Waals surface area contributed by atoms with Crippen molar-refractivity contribution in [3.63, 3.8) is 0 Å². The molecule has 2 N–H and O–H groups in total. The van der Waals surface area contributed by atoms with E-state index in [1.165, 1.54) is 24.3 Å². The van der Waals surface area contributed by atoms with Gasteiger partial charge in [0.1, 0.15) is 11.5 Å². The van der Waals surface area contributed by atoms with Gasteiger partial charge in [0.25, 0.3) is 0 Å². The normalized spacial score (nSPS) is 10.7. The van der Waals surface area contributed by atoms with Crippen LogP contribution < -0.4 is 0 Å². The van der Waals surface area contributed by atoms with Crippen molar-refractivity contribution in [1.82, 2.24) is 0 Å². The summed E-state index contributed by atoms with van der Waals surface area (Å²) in [7, 11) is 0. The van der Waals surface area contributed by atoms with Gasteiger partial charge in [-0.1, -0.05) is 46.4 Å². The number of hydrogen-bond donors (Lipinski definition) is 2. The van der Waals surface area contributed by atoms with Crippen LogP contribution in [0.3, 0.4) is 0 Å². The van der Waals surface area contributed by atoms with E-state index >= 15 is 0 Å². The Kier molecular flexibility index (Phi) is 4.36. The average Bonchev–Trinajstić information content (AvgIpc) is 2.25. The van der Waals surface area contributed by atoms with Gasteiger partial charge in [-0.3, -0.25) is 0 Å². The predicted molar refractivity (Wildman–Crippen MR) is 79.1 cm³/mol.